The maximum atomic E-state index is 12.9. The van der Waals surface area contributed by atoms with Crippen molar-refractivity contribution >= 4 is 11.6 Å². The monoisotopic (exact) mass is 223 g/mol. The lowest BCUT2D eigenvalue weighted by molar-refractivity contribution is 0.475. The number of benzene rings is 1. The zero-order valence-electron chi connectivity index (χ0n) is 7.61. The second-order valence-corrected chi connectivity index (χ2v) is 3.47. The Hall–Kier alpha value is -1.61. The van der Waals surface area contributed by atoms with E-state index >= 15 is 0 Å². The van der Waals surface area contributed by atoms with Crippen LogP contribution in [0.2, 0.25) is 5.02 Å². The second kappa shape index (κ2) is 3.87. The van der Waals surface area contributed by atoms with Crippen molar-refractivity contribution in [2.75, 3.05) is 0 Å². The van der Waals surface area contributed by atoms with Gasteiger partial charge in [-0.15, -0.1) is 0 Å². The second-order valence-electron chi connectivity index (χ2n) is 3.06. The van der Waals surface area contributed by atoms with Crippen molar-refractivity contribution in [3.05, 3.63) is 47.5 Å². The van der Waals surface area contributed by atoms with Crippen LogP contribution in [0.25, 0.3) is 11.1 Å². The van der Waals surface area contributed by atoms with E-state index in [4.69, 9.17) is 11.6 Å². The number of hydrogen-bond acceptors (Lipinski definition) is 2. The molecule has 2 aromatic rings. The van der Waals surface area contributed by atoms with Crippen molar-refractivity contribution in [1.82, 2.24) is 4.98 Å². The lowest BCUT2D eigenvalue weighted by Gasteiger charge is -2.02. The number of nitrogens with zero attached hydrogens (tertiary/aromatic N) is 1. The van der Waals surface area contributed by atoms with E-state index in [9.17, 15) is 9.50 Å². The van der Waals surface area contributed by atoms with Crippen LogP contribution in [0.15, 0.2) is 36.7 Å². The van der Waals surface area contributed by atoms with Gasteiger partial charge in [0, 0.05) is 11.8 Å². The van der Waals surface area contributed by atoms with Gasteiger partial charge < -0.3 is 5.11 Å². The van der Waals surface area contributed by atoms with Crippen LogP contribution in [0.3, 0.4) is 0 Å². The number of aromatic hydroxyl groups is 1. The van der Waals surface area contributed by atoms with Crippen LogP contribution in [0.4, 0.5) is 4.39 Å². The van der Waals surface area contributed by atoms with Gasteiger partial charge in [-0.25, -0.2) is 4.39 Å². The maximum Gasteiger partial charge on any atom is 0.142 e. The van der Waals surface area contributed by atoms with Crippen molar-refractivity contribution in [1.29, 1.82) is 0 Å². The topological polar surface area (TPSA) is 33.1 Å². The lowest BCUT2D eigenvalue weighted by Crippen LogP contribution is -1.83. The van der Waals surface area contributed by atoms with Crippen LogP contribution >= 0.6 is 11.6 Å². The van der Waals surface area contributed by atoms with E-state index < -0.39 is 5.82 Å². The van der Waals surface area contributed by atoms with Crippen molar-refractivity contribution in [3.8, 4) is 16.9 Å². The van der Waals surface area contributed by atoms with Crippen LogP contribution < -0.4 is 0 Å². The maximum absolute atomic E-state index is 12.9. The minimum atomic E-state index is -0.406. The summed E-state index contributed by atoms with van der Waals surface area (Å²) in [6.45, 7) is 0. The van der Waals surface area contributed by atoms with E-state index in [2.05, 4.69) is 4.98 Å². The average Bonchev–Trinajstić information content (AvgIpc) is 2.22. The van der Waals surface area contributed by atoms with E-state index in [-0.39, 0.29) is 10.8 Å². The molecule has 0 atom stereocenters. The molecule has 0 aliphatic heterocycles. The van der Waals surface area contributed by atoms with Crippen LogP contribution in [0, 0.1) is 5.82 Å². The Labute approximate surface area is 91.0 Å². The molecule has 0 unspecified atom stereocenters. The van der Waals surface area contributed by atoms with Gasteiger partial charge in [0.25, 0.3) is 0 Å². The summed E-state index contributed by atoms with van der Waals surface area (Å²) < 4.78 is 12.9. The molecule has 4 heteroatoms. The van der Waals surface area contributed by atoms with Gasteiger partial charge in [-0.05, 0) is 23.8 Å². The van der Waals surface area contributed by atoms with Gasteiger partial charge in [-0.1, -0.05) is 17.7 Å². The Bertz CT molecular complexity index is 502. The predicted molar refractivity (Wildman–Crippen MR) is 56.3 cm³/mol. The first-order valence-corrected chi connectivity index (χ1v) is 4.64. The van der Waals surface area contributed by atoms with Gasteiger partial charge in [0.2, 0.25) is 0 Å². The molecule has 0 aliphatic carbocycles. The molecule has 1 aromatic heterocycles. The van der Waals surface area contributed by atoms with Crippen molar-refractivity contribution < 1.29 is 9.50 Å². The van der Waals surface area contributed by atoms with Gasteiger partial charge in [-0.2, -0.15) is 0 Å². The SMILES string of the molecule is Oc1ccc(-c2cncc(F)c2)cc1Cl. The highest BCUT2D eigenvalue weighted by atomic mass is 35.5. The number of phenols is 1. The van der Waals surface area contributed by atoms with E-state index in [1.54, 1.807) is 12.1 Å². The van der Waals surface area contributed by atoms with Crippen molar-refractivity contribution in [2.24, 2.45) is 0 Å². The molecular weight excluding hydrogens is 217 g/mol. The first-order valence-electron chi connectivity index (χ1n) is 4.26. The molecule has 15 heavy (non-hydrogen) atoms. The molecule has 0 aliphatic rings. The molecule has 2 rings (SSSR count). The van der Waals surface area contributed by atoms with Crippen molar-refractivity contribution in [3.63, 3.8) is 0 Å². The fourth-order valence-electron chi connectivity index (χ4n) is 1.26. The Kier molecular flexibility index (Phi) is 2.56. The van der Waals surface area contributed by atoms with E-state index in [0.29, 0.717) is 11.1 Å². The number of aromatic nitrogens is 1. The zero-order chi connectivity index (χ0) is 10.8. The molecule has 0 bridgehead atoms. The number of halogens is 2. The van der Waals surface area contributed by atoms with E-state index in [0.717, 1.165) is 6.20 Å². The zero-order valence-corrected chi connectivity index (χ0v) is 8.37. The van der Waals surface area contributed by atoms with Gasteiger partial charge in [0.05, 0.1) is 11.2 Å². The highest BCUT2D eigenvalue weighted by Crippen LogP contribution is 2.29. The fourth-order valence-corrected chi connectivity index (χ4v) is 1.44. The van der Waals surface area contributed by atoms with Crippen LogP contribution in [0.5, 0.6) is 5.75 Å². The summed E-state index contributed by atoms with van der Waals surface area (Å²) in [5, 5.41) is 9.46. The van der Waals surface area contributed by atoms with Crippen LogP contribution in [-0.4, -0.2) is 10.1 Å². The summed E-state index contributed by atoms with van der Waals surface area (Å²) in [6, 6.07) is 6.03. The normalized spacial score (nSPS) is 10.3. The number of phenolic OH excluding ortho intramolecular Hbond substituents is 1. The molecule has 1 aromatic carbocycles. The quantitative estimate of drug-likeness (QED) is 0.805. The molecule has 0 saturated heterocycles. The smallest absolute Gasteiger partial charge is 0.142 e. The third kappa shape index (κ3) is 2.07. The Morgan fingerprint density at radius 2 is 1.93 bits per heavy atom. The molecule has 0 amide bonds. The van der Waals surface area contributed by atoms with Gasteiger partial charge >= 0.3 is 0 Å². The molecule has 1 heterocycles. The first kappa shape index (κ1) is 9.93. The van der Waals surface area contributed by atoms with Crippen LogP contribution in [0.1, 0.15) is 0 Å². The third-order valence-corrected chi connectivity index (χ3v) is 2.29. The van der Waals surface area contributed by atoms with E-state index in [1.807, 2.05) is 0 Å². The third-order valence-electron chi connectivity index (χ3n) is 1.99. The summed E-state index contributed by atoms with van der Waals surface area (Å²) in [6.07, 6.45) is 2.66. The average molecular weight is 224 g/mol. The number of hydrogen-bond donors (Lipinski definition) is 1. The van der Waals surface area contributed by atoms with Gasteiger partial charge in [0.15, 0.2) is 0 Å². The number of rotatable bonds is 1. The summed E-state index contributed by atoms with van der Waals surface area (Å²) in [4.78, 5) is 3.73. The minimum absolute atomic E-state index is 0.00442. The Morgan fingerprint density at radius 3 is 2.60 bits per heavy atom. The highest BCUT2D eigenvalue weighted by Gasteiger charge is 2.03. The Morgan fingerprint density at radius 1 is 1.13 bits per heavy atom. The van der Waals surface area contributed by atoms with Gasteiger partial charge in [-0.3, -0.25) is 4.98 Å². The van der Waals surface area contributed by atoms with Crippen LogP contribution in [-0.2, 0) is 0 Å². The molecular formula is C11H7ClFNO. The van der Waals surface area contributed by atoms with E-state index in [1.165, 1.54) is 18.3 Å². The molecule has 0 fully saturated rings. The standard InChI is InChI=1S/C11H7ClFNO/c12-10-4-7(1-2-11(10)15)8-3-9(13)6-14-5-8/h1-6,15H. The molecule has 0 spiro atoms. The largest absolute Gasteiger partial charge is 0.506 e. The summed E-state index contributed by atoms with van der Waals surface area (Å²) in [5.74, 6) is -0.401. The Balaban J connectivity index is 2.50. The fraction of sp³-hybridized carbons (Fsp3) is 0. The highest BCUT2D eigenvalue weighted by molar-refractivity contribution is 6.32. The molecule has 0 saturated carbocycles. The first-order chi connectivity index (χ1) is 7.16. The van der Waals surface area contributed by atoms with Gasteiger partial charge in [0.1, 0.15) is 11.6 Å². The minimum Gasteiger partial charge on any atom is -0.506 e. The number of pyridine rings is 1. The molecule has 1 N–H and O–H groups in total. The molecule has 76 valence electrons. The summed E-state index contributed by atoms with van der Waals surface area (Å²) >= 11 is 5.74. The lowest BCUT2D eigenvalue weighted by atomic mass is 10.1. The predicted octanol–water partition coefficient (Wildman–Crippen LogP) is 3.25. The summed E-state index contributed by atoms with van der Waals surface area (Å²) in [7, 11) is 0. The summed E-state index contributed by atoms with van der Waals surface area (Å²) in [5.41, 5.74) is 1.33. The molecule has 2 nitrogen and oxygen atoms in total. The van der Waals surface area contributed by atoms with Crippen molar-refractivity contribution in [2.45, 2.75) is 0 Å². The molecule has 0 radical (unpaired) electrons.